The largest absolute Gasteiger partial charge is 0.481 e. The van der Waals surface area contributed by atoms with Crippen LogP contribution in [-0.2, 0) is 14.3 Å². The molecule has 2 N–H and O–H groups in total. The number of nitrogens with one attached hydrogen (secondary N) is 1. The first kappa shape index (κ1) is 13.3. The number of rotatable bonds is 6. The SMILES string of the molecule is O=C(O)CC1COCCN1C(=O)CCNC1CC1. The van der Waals surface area contributed by atoms with Crippen LogP contribution in [0.15, 0.2) is 0 Å². The Labute approximate surface area is 106 Å². The van der Waals surface area contributed by atoms with Gasteiger partial charge in [0.25, 0.3) is 0 Å². The third kappa shape index (κ3) is 3.96. The van der Waals surface area contributed by atoms with Crippen LogP contribution in [0.1, 0.15) is 25.7 Å². The van der Waals surface area contributed by atoms with Gasteiger partial charge in [0.2, 0.25) is 5.91 Å². The maximum absolute atomic E-state index is 12.0. The molecule has 2 aliphatic rings. The zero-order valence-corrected chi connectivity index (χ0v) is 10.4. The number of aliphatic carboxylic acids is 1. The van der Waals surface area contributed by atoms with E-state index in [1.54, 1.807) is 4.90 Å². The number of morpholine rings is 1. The van der Waals surface area contributed by atoms with E-state index in [9.17, 15) is 9.59 Å². The second-order valence-corrected chi connectivity index (χ2v) is 4.89. The van der Waals surface area contributed by atoms with E-state index in [1.807, 2.05) is 0 Å². The molecule has 1 saturated heterocycles. The summed E-state index contributed by atoms with van der Waals surface area (Å²) in [5, 5.41) is 12.1. The number of carbonyl (C=O) groups excluding carboxylic acids is 1. The predicted molar refractivity (Wildman–Crippen MR) is 64.2 cm³/mol. The summed E-state index contributed by atoms with van der Waals surface area (Å²) in [5.74, 6) is -0.864. The van der Waals surface area contributed by atoms with Crippen LogP contribution in [0.3, 0.4) is 0 Å². The Morgan fingerprint density at radius 1 is 1.39 bits per heavy atom. The van der Waals surface area contributed by atoms with Crippen molar-refractivity contribution < 1.29 is 19.4 Å². The number of hydrogen-bond acceptors (Lipinski definition) is 4. The molecule has 6 heteroatoms. The third-order valence-corrected chi connectivity index (χ3v) is 3.31. The summed E-state index contributed by atoms with van der Waals surface area (Å²) in [4.78, 5) is 24.4. The Morgan fingerprint density at radius 3 is 2.83 bits per heavy atom. The van der Waals surface area contributed by atoms with Crippen molar-refractivity contribution in [2.45, 2.75) is 37.8 Å². The van der Waals surface area contributed by atoms with Crippen LogP contribution >= 0.6 is 0 Å². The second-order valence-electron chi connectivity index (χ2n) is 4.89. The molecular formula is C12H20N2O4. The number of ether oxygens (including phenoxy) is 1. The molecule has 2 rings (SSSR count). The molecule has 1 unspecified atom stereocenters. The zero-order valence-electron chi connectivity index (χ0n) is 10.4. The zero-order chi connectivity index (χ0) is 13.0. The van der Waals surface area contributed by atoms with Crippen LogP contribution in [0.2, 0.25) is 0 Å². The summed E-state index contributed by atoms with van der Waals surface area (Å²) in [5.41, 5.74) is 0. The van der Waals surface area contributed by atoms with Gasteiger partial charge in [-0.1, -0.05) is 0 Å². The minimum absolute atomic E-state index is 0.0256. The molecule has 1 aliphatic heterocycles. The average Bonchev–Trinajstić information content (AvgIpc) is 3.13. The Hall–Kier alpha value is -1.14. The first-order chi connectivity index (χ1) is 8.66. The van der Waals surface area contributed by atoms with Gasteiger partial charge in [0.1, 0.15) is 0 Å². The molecule has 0 spiro atoms. The number of carbonyl (C=O) groups is 2. The van der Waals surface area contributed by atoms with Gasteiger partial charge in [0, 0.05) is 25.6 Å². The van der Waals surface area contributed by atoms with Crippen molar-refractivity contribution in [1.82, 2.24) is 10.2 Å². The molecule has 102 valence electrons. The van der Waals surface area contributed by atoms with Gasteiger partial charge in [-0.15, -0.1) is 0 Å². The topological polar surface area (TPSA) is 78.9 Å². The van der Waals surface area contributed by atoms with Crippen molar-refractivity contribution >= 4 is 11.9 Å². The quantitative estimate of drug-likeness (QED) is 0.690. The summed E-state index contributed by atoms with van der Waals surface area (Å²) >= 11 is 0. The highest BCUT2D eigenvalue weighted by Gasteiger charge is 2.29. The van der Waals surface area contributed by atoms with E-state index in [4.69, 9.17) is 9.84 Å². The highest BCUT2D eigenvalue weighted by Crippen LogP contribution is 2.18. The molecule has 0 bridgehead atoms. The van der Waals surface area contributed by atoms with E-state index in [1.165, 1.54) is 12.8 Å². The number of carboxylic acid groups (broad SMARTS) is 1. The fourth-order valence-electron chi connectivity index (χ4n) is 2.17. The molecule has 1 heterocycles. The Bertz CT molecular complexity index is 317. The maximum Gasteiger partial charge on any atom is 0.305 e. The lowest BCUT2D eigenvalue weighted by Crippen LogP contribution is -2.50. The van der Waals surface area contributed by atoms with E-state index >= 15 is 0 Å². The summed E-state index contributed by atoms with van der Waals surface area (Å²) in [6.45, 7) is 2.01. The smallest absolute Gasteiger partial charge is 0.305 e. The van der Waals surface area contributed by atoms with Crippen molar-refractivity contribution in [3.63, 3.8) is 0 Å². The molecule has 0 radical (unpaired) electrons. The van der Waals surface area contributed by atoms with Crippen molar-refractivity contribution in [1.29, 1.82) is 0 Å². The lowest BCUT2D eigenvalue weighted by atomic mass is 10.1. The lowest BCUT2D eigenvalue weighted by molar-refractivity contribution is -0.146. The highest BCUT2D eigenvalue weighted by atomic mass is 16.5. The van der Waals surface area contributed by atoms with Crippen LogP contribution in [0, 0.1) is 0 Å². The Kier molecular flexibility index (Phi) is 4.54. The van der Waals surface area contributed by atoms with Gasteiger partial charge in [-0.2, -0.15) is 0 Å². The maximum atomic E-state index is 12.0. The van der Waals surface area contributed by atoms with Crippen molar-refractivity contribution in [3.8, 4) is 0 Å². The number of hydrogen-bond donors (Lipinski definition) is 2. The normalized spacial score (nSPS) is 24.0. The van der Waals surface area contributed by atoms with Gasteiger partial charge in [0.15, 0.2) is 0 Å². The molecular weight excluding hydrogens is 236 g/mol. The molecule has 0 aromatic carbocycles. The Morgan fingerprint density at radius 2 is 2.17 bits per heavy atom. The van der Waals surface area contributed by atoms with E-state index in [2.05, 4.69) is 5.32 Å². The molecule has 1 amide bonds. The first-order valence-electron chi connectivity index (χ1n) is 6.49. The molecule has 0 aromatic heterocycles. The van der Waals surface area contributed by atoms with Crippen LogP contribution in [0.5, 0.6) is 0 Å². The first-order valence-corrected chi connectivity index (χ1v) is 6.49. The van der Waals surface area contributed by atoms with Crippen molar-refractivity contribution in [2.24, 2.45) is 0 Å². The van der Waals surface area contributed by atoms with Gasteiger partial charge in [-0.05, 0) is 12.8 Å². The van der Waals surface area contributed by atoms with Crippen LogP contribution in [0.25, 0.3) is 0 Å². The van der Waals surface area contributed by atoms with Crippen molar-refractivity contribution in [2.75, 3.05) is 26.3 Å². The van der Waals surface area contributed by atoms with Crippen molar-refractivity contribution in [3.05, 3.63) is 0 Å². The fourth-order valence-corrected chi connectivity index (χ4v) is 2.17. The average molecular weight is 256 g/mol. The summed E-state index contributed by atoms with van der Waals surface area (Å²) < 4.78 is 5.24. The fraction of sp³-hybridized carbons (Fsp3) is 0.833. The summed E-state index contributed by atoms with van der Waals surface area (Å²) in [7, 11) is 0. The Balaban J connectivity index is 1.78. The van der Waals surface area contributed by atoms with Gasteiger partial charge < -0.3 is 20.1 Å². The van der Waals surface area contributed by atoms with E-state index in [0.717, 1.165) is 0 Å². The monoisotopic (exact) mass is 256 g/mol. The minimum Gasteiger partial charge on any atom is -0.481 e. The van der Waals surface area contributed by atoms with E-state index in [0.29, 0.717) is 38.8 Å². The minimum atomic E-state index is -0.889. The van der Waals surface area contributed by atoms with Gasteiger partial charge in [-0.3, -0.25) is 9.59 Å². The van der Waals surface area contributed by atoms with Gasteiger partial charge in [-0.25, -0.2) is 0 Å². The highest BCUT2D eigenvalue weighted by molar-refractivity contribution is 5.78. The third-order valence-electron chi connectivity index (χ3n) is 3.31. The molecule has 6 nitrogen and oxygen atoms in total. The van der Waals surface area contributed by atoms with Crippen LogP contribution in [0.4, 0.5) is 0 Å². The number of nitrogens with zero attached hydrogens (tertiary/aromatic N) is 1. The van der Waals surface area contributed by atoms with Gasteiger partial charge >= 0.3 is 5.97 Å². The summed E-state index contributed by atoms with van der Waals surface area (Å²) in [6, 6.07) is 0.280. The molecule has 0 aromatic rings. The second kappa shape index (κ2) is 6.15. The summed E-state index contributed by atoms with van der Waals surface area (Å²) in [6.07, 6.45) is 2.80. The van der Waals surface area contributed by atoms with Crippen LogP contribution < -0.4 is 5.32 Å². The van der Waals surface area contributed by atoms with E-state index in [-0.39, 0.29) is 18.4 Å². The molecule has 2 fully saturated rings. The number of carboxylic acids is 1. The lowest BCUT2D eigenvalue weighted by Gasteiger charge is -2.35. The molecule has 1 aliphatic carbocycles. The van der Waals surface area contributed by atoms with Crippen LogP contribution in [-0.4, -0.2) is 60.3 Å². The molecule has 1 atom stereocenters. The molecule has 18 heavy (non-hydrogen) atoms. The van der Waals surface area contributed by atoms with E-state index < -0.39 is 5.97 Å². The predicted octanol–water partition coefficient (Wildman–Crippen LogP) is -0.169. The number of amides is 1. The molecule has 1 saturated carbocycles. The van der Waals surface area contributed by atoms with Gasteiger partial charge in [0.05, 0.1) is 25.7 Å². The standard InChI is InChI=1S/C12H20N2O4/c15-11(3-4-13-9-1-2-9)14-5-6-18-8-10(14)7-12(16)17/h9-10,13H,1-8H2,(H,16,17).